The first-order valence-electron chi connectivity index (χ1n) is 0. The molecule has 0 bridgehead atoms. The summed E-state index contributed by atoms with van der Waals surface area (Å²) in [7, 11) is 0. The van der Waals surface area contributed by atoms with E-state index in [1.807, 2.05) is 0 Å². The molecule has 0 rings (SSSR count). The van der Waals surface area contributed by atoms with E-state index in [0.717, 1.165) is 0 Å². The maximum atomic E-state index is 0. The summed E-state index contributed by atoms with van der Waals surface area (Å²) in [6.07, 6.45) is 0. The molecule has 6 heteroatoms. The van der Waals surface area contributed by atoms with E-state index in [1.165, 1.54) is 0 Å². The van der Waals surface area contributed by atoms with Crippen LogP contribution in [0, 0.1) is 0 Å². The largest absolute Gasteiger partial charge is 1.00 e. The minimum absolute atomic E-state index is 0. The average Bonchev–Trinajstić information content (AvgIpc) is 0. The number of rotatable bonds is 0. The molecule has 0 heterocycles. The molecule has 0 aliphatic rings. The molecule has 0 nitrogen and oxygen atoms in total. The molecule has 0 N–H and O–H groups in total. The average molecular weight is 436 g/mol. The fraction of sp³-hybridized carbons (Fsp3) is 0. The van der Waals surface area contributed by atoms with Crippen molar-refractivity contribution in [2.24, 2.45) is 0 Å². The summed E-state index contributed by atoms with van der Waals surface area (Å²) in [6, 6.07) is 0. The monoisotopic (exact) mass is 437 g/mol. The molecule has 0 aliphatic carbocycles. The summed E-state index contributed by atoms with van der Waals surface area (Å²) in [4.78, 5) is 0. The van der Waals surface area contributed by atoms with Crippen molar-refractivity contribution < 1.29 is 48.1 Å². The molecule has 0 amide bonds. The standard InChI is InChI=1S/Cu.Ga.In.Na.2Se.7H/q;;;+1;;;;;;;;;-1. The van der Waals surface area contributed by atoms with Crippen molar-refractivity contribution in [1.82, 2.24) is 0 Å². The smallest absolute Gasteiger partial charge is 0 e. The molecule has 0 aromatic heterocycles. The van der Waals surface area contributed by atoms with E-state index >= 15 is 0 Å². The van der Waals surface area contributed by atoms with Gasteiger partial charge in [-0.05, 0) is 0 Å². The summed E-state index contributed by atoms with van der Waals surface area (Å²) in [5.74, 6) is 0. The van der Waals surface area contributed by atoms with Crippen LogP contribution < -0.4 is 29.6 Å². The van der Waals surface area contributed by atoms with Gasteiger partial charge in [-0.2, -0.15) is 0 Å². The van der Waals surface area contributed by atoms with Gasteiger partial charge < -0.3 is 1.43 Å². The Morgan fingerprint density at radius 1 is 1.00 bits per heavy atom. The molecule has 0 aromatic carbocycles. The predicted octanol–water partition coefficient (Wildman–Crippen LogP) is -6.02. The molecular weight excluding hydrogens is 429 g/mol. The summed E-state index contributed by atoms with van der Waals surface area (Å²) >= 11 is 0. The third-order valence-electron chi connectivity index (χ3n) is 0. The predicted molar refractivity (Wildman–Crippen MR) is 32.5 cm³/mol. The van der Waals surface area contributed by atoms with E-state index in [0.29, 0.717) is 0 Å². The van der Waals surface area contributed by atoms with Crippen LogP contribution in [0.2, 0.25) is 0 Å². The quantitative estimate of drug-likeness (QED) is 0.332. The molecule has 6 heavy (non-hydrogen) atoms. The van der Waals surface area contributed by atoms with Crippen LogP contribution in [0.15, 0.2) is 0 Å². The third-order valence-corrected chi connectivity index (χ3v) is 0. The van der Waals surface area contributed by atoms with Crippen LogP contribution in [-0.2, 0) is 17.1 Å². The Balaban J connectivity index is 0. The first kappa shape index (κ1) is 50.1. The Morgan fingerprint density at radius 3 is 1.00 bits per heavy atom. The normalized spacial score (nSPS) is 0. The molecule has 0 saturated carbocycles. The Labute approximate surface area is 125 Å². The van der Waals surface area contributed by atoms with Crippen molar-refractivity contribution in [3.8, 4) is 0 Å². The SMILES string of the molecule is [Cu].[GaH3].[H-].[InH3].[Na+].[Se].[Se]. The second kappa shape index (κ2) is 35.7. The van der Waals surface area contributed by atoms with Gasteiger partial charge in [-0.1, -0.05) is 0 Å². The van der Waals surface area contributed by atoms with Crippen molar-refractivity contribution in [2.75, 3.05) is 0 Å². The van der Waals surface area contributed by atoms with Crippen LogP contribution >= 0.6 is 0 Å². The Bertz CT molecular complexity index is 17.7. The van der Waals surface area contributed by atoms with Crippen molar-refractivity contribution in [3.05, 3.63) is 0 Å². The molecule has 0 saturated heterocycles. The van der Waals surface area contributed by atoms with E-state index < -0.39 is 0 Å². The molecule has 5 radical (unpaired) electrons. The molecule has 0 unspecified atom stereocenters. The van der Waals surface area contributed by atoms with E-state index in [4.69, 9.17) is 0 Å². The Hall–Kier alpha value is 4.06. The van der Waals surface area contributed by atoms with Gasteiger partial charge in [-0.25, -0.2) is 0 Å². The fourth-order valence-corrected chi connectivity index (χ4v) is 0. The first-order chi connectivity index (χ1) is 0. The molecule has 0 aliphatic heterocycles. The maximum Gasteiger partial charge on any atom is 1.00 e. The zero-order chi connectivity index (χ0) is 0. The van der Waals surface area contributed by atoms with E-state index in [1.54, 1.807) is 0 Å². The van der Waals surface area contributed by atoms with Gasteiger partial charge in [0.2, 0.25) is 0 Å². The van der Waals surface area contributed by atoms with Crippen LogP contribution in [0.4, 0.5) is 0 Å². The third kappa shape index (κ3) is 24.4. The van der Waals surface area contributed by atoms with E-state index in [9.17, 15) is 0 Å². The van der Waals surface area contributed by atoms with Crippen LogP contribution in [0.1, 0.15) is 1.43 Å². The molecule has 37 valence electrons. The van der Waals surface area contributed by atoms with Crippen molar-refractivity contribution in [1.29, 1.82) is 0 Å². The van der Waals surface area contributed by atoms with Gasteiger partial charge in [0.05, 0.1) is 0 Å². The van der Waals surface area contributed by atoms with Crippen molar-refractivity contribution in [3.63, 3.8) is 0 Å². The van der Waals surface area contributed by atoms with Gasteiger partial charge in [0.15, 0.2) is 0 Å². The Kier molecular flexibility index (Phi) is 298. The van der Waals surface area contributed by atoms with Gasteiger partial charge in [0, 0.05) is 51.2 Å². The maximum absolute atomic E-state index is 0. The molecular formula is H7CuGaInNaSe2. The molecule has 0 fully saturated rings. The second-order valence-corrected chi connectivity index (χ2v) is 0. The van der Waals surface area contributed by atoms with Crippen LogP contribution in [0.5, 0.6) is 0 Å². The van der Waals surface area contributed by atoms with Crippen LogP contribution in [0.3, 0.4) is 0 Å². The minimum atomic E-state index is 0. The van der Waals surface area contributed by atoms with Crippen LogP contribution in [0.25, 0.3) is 0 Å². The van der Waals surface area contributed by atoms with Crippen molar-refractivity contribution >= 4 is 79.8 Å². The van der Waals surface area contributed by atoms with Gasteiger partial charge in [-0.3, -0.25) is 0 Å². The topological polar surface area (TPSA) is 0 Å². The Morgan fingerprint density at radius 2 is 1.00 bits per heavy atom. The van der Waals surface area contributed by atoms with E-state index in [2.05, 4.69) is 0 Å². The number of hydrogen-bond acceptors (Lipinski definition) is 0. The zero-order valence-corrected chi connectivity index (χ0v) is 8.49. The molecule has 0 atom stereocenters. The zero-order valence-electron chi connectivity index (χ0n) is 3.12. The minimum Gasteiger partial charge on any atom is 0 e. The molecule has 0 aromatic rings. The first-order valence-corrected chi connectivity index (χ1v) is 0. The van der Waals surface area contributed by atoms with E-state index in [-0.39, 0.29) is 128 Å². The van der Waals surface area contributed by atoms with Crippen molar-refractivity contribution in [2.45, 2.75) is 0 Å². The van der Waals surface area contributed by atoms with Gasteiger partial charge in [-0.15, -0.1) is 0 Å². The summed E-state index contributed by atoms with van der Waals surface area (Å²) in [6.45, 7) is 0. The number of hydrogen-bond donors (Lipinski definition) is 0. The second-order valence-electron chi connectivity index (χ2n) is 0. The van der Waals surface area contributed by atoms with Crippen LogP contribution in [-0.4, -0.2) is 79.8 Å². The summed E-state index contributed by atoms with van der Waals surface area (Å²) in [5, 5.41) is 0. The fourth-order valence-electron chi connectivity index (χ4n) is 0. The summed E-state index contributed by atoms with van der Waals surface area (Å²) in [5.41, 5.74) is 0. The van der Waals surface area contributed by atoms with Gasteiger partial charge >= 0.3 is 75.2 Å². The molecule has 0 spiro atoms. The van der Waals surface area contributed by atoms with Gasteiger partial charge in [0.1, 0.15) is 0 Å². The van der Waals surface area contributed by atoms with Gasteiger partial charge in [0.25, 0.3) is 0 Å². The summed E-state index contributed by atoms with van der Waals surface area (Å²) < 4.78 is 0.